The first kappa shape index (κ1) is 22.4. The number of amides is 1. The number of aromatic nitrogens is 1. The van der Waals surface area contributed by atoms with E-state index in [1.165, 1.54) is 0 Å². The van der Waals surface area contributed by atoms with Gasteiger partial charge in [-0.3, -0.25) is 0 Å². The normalized spacial score (nSPS) is 12.4. The van der Waals surface area contributed by atoms with Crippen LogP contribution in [-0.2, 0) is 33.8 Å². The van der Waals surface area contributed by atoms with Gasteiger partial charge in [-0.15, -0.1) is 0 Å². The van der Waals surface area contributed by atoms with Crippen molar-refractivity contribution in [1.29, 1.82) is 0 Å². The van der Waals surface area contributed by atoms with Crippen molar-refractivity contribution in [3.63, 3.8) is 0 Å². The van der Waals surface area contributed by atoms with Crippen LogP contribution in [0.5, 0.6) is 0 Å². The summed E-state index contributed by atoms with van der Waals surface area (Å²) in [5.41, 5.74) is 2.28. The molecule has 0 saturated heterocycles. The van der Waals surface area contributed by atoms with Gasteiger partial charge in [0.05, 0.1) is 0 Å². The minimum atomic E-state index is -0.866. The van der Waals surface area contributed by atoms with Crippen molar-refractivity contribution < 1.29 is 19.1 Å². The highest BCUT2D eigenvalue weighted by Gasteiger charge is 2.27. The molecule has 0 spiro atoms. The van der Waals surface area contributed by atoms with Gasteiger partial charge in [-0.2, -0.15) is 0 Å². The van der Waals surface area contributed by atoms with Crippen molar-refractivity contribution in [2.45, 2.75) is 58.9 Å². The summed E-state index contributed by atoms with van der Waals surface area (Å²) in [6.07, 6.45) is 1.69. The fourth-order valence-corrected chi connectivity index (χ4v) is 3.44. The van der Waals surface area contributed by atoms with Gasteiger partial charge in [-0.1, -0.05) is 48.5 Å². The van der Waals surface area contributed by atoms with Crippen molar-refractivity contribution in [3.05, 3.63) is 71.9 Å². The van der Waals surface area contributed by atoms with E-state index in [9.17, 15) is 9.59 Å². The summed E-state index contributed by atoms with van der Waals surface area (Å²) in [5, 5.41) is 3.76. The number of fused-ring (bicyclic) bond motifs is 1. The predicted octanol–water partition coefficient (Wildman–Crippen LogP) is 4.84. The van der Waals surface area contributed by atoms with Gasteiger partial charge in [0, 0.05) is 30.1 Å². The summed E-state index contributed by atoms with van der Waals surface area (Å²) < 4.78 is 13.0. The second-order valence-electron chi connectivity index (χ2n) is 8.45. The highest BCUT2D eigenvalue weighted by molar-refractivity contribution is 5.86. The van der Waals surface area contributed by atoms with Crippen LogP contribution in [-0.4, -0.2) is 28.3 Å². The molecule has 3 aromatic rings. The Kier molecular flexibility index (Phi) is 7.00. The van der Waals surface area contributed by atoms with Gasteiger partial charge < -0.3 is 19.4 Å². The number of esters is 1. The average Bonchev–Trinajstić information content (AvgIpc) is 3.08. The average molecular weight is 423 g/mol. The monoisotopic (exact) mass is 422 g/mol. The van der Waals surface area contributed by atoms with E-state index in [1.807, 2.05) is 60.8 Å². The highest BCUT2D eigenvalue weighted by atomic mass is 16.6. The number of nitrogens with zero attached hydrogens (tertiary/aromatic N) is 1. The summed E-state index contributed by atoms with van der Waals surface area (Å²) in [7, 11) is 0. The number of hydrogen-bond acceptors (Lipinski definition) is 4. The van der Waals surface area contributed by atoms with Crippen molar-refractivity contribution >= 4 is 23.0 Å². The van der Waals surface area contributed by atoms with Crippen LogP contribution in [0.4, 0.5) is 4.79 Å². The zero-order valence-corrected chi connectivity index (χ0v) is 18.6. The number of rotatable bonds is 7. The van der Waals surface area contributed by atoms with Gasteiger partial charge in [-0.25, -0.2) is 9.59 Å². The molecule has 1 aromatic heterocycles. The molecule has 164 valence electrons. The Hall–Kier alpha value is -3.28. The third-order valence-electron chi connectivity index (χ3n) is 4.84. The fourth-order valence-electron chi connectivity index (χ4n) is 3.44. The molecule has 6 heteroatoms. The maximum absolute atomic E-state index is 12.9. The molecule has 6 nitrogen and oxygen atoms in total. The fraction of sp³-hybridized carbons (Fsp3) is 0.360. The molecular weight excluding hydrogens is 392 g/mol. The molecule has 31 heavy (non-hydrogen) atoms. The van der Waals surface area contributed by atoms with E-state index in [2.05, 4.69) is 16.8 Å². The van der Waals surface area contributed by atoms with E-state index in [4.69, 9.17) is 9.47 Å². The first-order chi connectivity index (χ1) is 14.8. The van der Waals surface area contributed by atoms with Crippen LogP contribution in [0.2, 0.25) is 0 Å². The van der Waals surface area contributed by atoms with Crippen molar-refractivity contribution in [2.24, 2.45) is 0 Å². The van der Waals surface area contributed by atoms with Gasteiger partial charge in [0.2, 0.25) is 0 Å². The zero-order valence-electron chi connectivity index (χ0n) is 18.6. The largest absolute Gasteiger partial charge is 0.459 e. The summed E-state index contributed by atoms with van der Waals surface area (Å²) in [5.74, 6) is -0.497. The molecule has 1 amide bonds. The van der Waals surface area contributed by atoms with Crippen LogP contribution in [0, 0.1) is 0 Å². The minimum absolute atomic E-state index is 0.142. The van der Waals surface area contributed by atoms with Crippen LogP contribution in [0.15, 0.2) is 60.8 Å². The highest BCUT2D eigenvalue weighted by Crippen LogP contribution is 2.23. The number of para-hydroxylation sites is 1. The van der Waals surface area contributed by atoms with Crippen LogP contribution >= 0.6 is 0 Å². The Bertz CT molecular complexity index is 1030. The Balaban J connectivity index is 1.81. The third kappa shape index (κ3) is 6.10. The number of ether oxygens (including phenoxy) is 2. The van der Waals surface area contributed by atoms with Gasteiger partial charge >= 0.3 is 12.1 Å². The Morgan fingerprint density at radius 1 is 1.03 bits per heavy atom. The summed E-state index contributed by atoms with van der Waals surface area (Å²) >= 11 is 0. The predicted molar refractivity (Wildman–Crippen MR) is 121 cm³/mol. The third-order valence-corrected chi connectivity index (χ3v) is 4.84. The summed E-state index contributed by atoms with van der Waals surface area (Å²) in [4.78, 5) is 25.4. The summed E-state index contributed by atoms with van der Waals surface area (Å²) in [6, 6.07) is 16.6. The van der Waals surface area contributed by atoms with E-state index in [0.717, 1.165) is 28.6 Å². The zero-order chi connectivity index (χ0) is 22.4. The lowest BCUT2D eigenvalue weighted by atomic mass is 10.1. The topological polar surface area (TPSA) is 69.6 Å². The molecule has 3 rings (SSSR count). The molecule has 0 saturated carbocycles. The lowest BCUT2D eigenvalue weighted by molar-refractivity contribution is -0.147. The Morgan fingerprint density at radius 2 is 1.71 bits per heavy atom. The maximum Gasteiger partial charge on any atom is 0.408 e. The lowest BCUT2D eigenvalue weighted by Crippen LogP contribution is -2.45. The molecule has 2 aromatic carbocycles. The number of hydrogen-bond donors (Lipinski definition) is 1. The van der Waals surface area contributed by atoms with Crippen LogP contribution in [0.25, 0.3) is 10.9 Å². The lowest BCUT2D eigenvalue weighted by Gasteiger charge is -2.23. The number of nitrogens with one attached hydrogen (secondary N) is 1. The van der Waals surface area contributed by atoms with E-state index in [1.54, 1.807) is 20.8 Å². The van der Waals surface area contributed by atoms with Gasteiger partial charge in [-0.05, 0) is 44.9 Å². The second-order valence-corrected chi connectivity index (χ2v) is 8.45. The number of aryl methyl sites for hydroxylation is 1. The first-order valence-electron chi connectivity index (χ1n) is 10.5. The Morgan fingerprint density at radius 3 is 2.39 bits per heavy atom. The van der Waals surface area contributed by atoms with E-state index < -0.39 is 23.7 Å². The smallest absolute Gasteiger partial charge is 0.408 e. The minimum Gasteiger partial charge on any atom is -0.459 e. The van der Waals surface area contributed by atoms with E-state index >= 15 is 0 Å². The molecule has 0 aliphatic rings. The van der Waals surface area contributed by atoms with E-state index in [-0.39, 0.29) is 6.61 Å². The maximum atomic E-state index is 12.9. The SMILES string of the molecule is CCn1cc(CC(NC(=O)OC(C)(C)C)C(=O)OCc2ccccc2)c2ccccc21. The molecule has 0 fully saturated rings. The molecule has 0 aliphatic carbocycles. The van der Waals surface area contributed by atoms with Crippen molar-refractivity contribution in [1.82, 2.24) is 9.88 Å². The Labute approximate surface area is 183 Å². The van der Waals surface area contributed by atoms with Crippen LogP contribution in [0.3, 0.4) is 0 Å². The van der Waals surface area contributed by atoms with Gasteiger partial charge in [0.15, 0.2) is 0 Å². The van der Waals surface area contributed by atoms with Gasteiger partial charge in [0.1, 0.15) is 18.2 Å². The quantitative estimate of drug-likeness (QED) is 0.553. The number of carbonyl (C=O) groups is 2. The molecule has 1 atom stereocenters. The molecule has 0 aliphatic heterocycles. The van der Waals surface area contributed by atoms with E-state index in [0.29, 0.717) is 6.42 Å². The van der Waals surface area contributed by atoms with Gasteiger partial charge in [0.25, 0.3) is 0 Å². The van der Waals surface area contributed by atoms with Crippen LogP contribution in [0.1, 0.15) is 38.8 Å². The standard InChI is InChI=1S/C25H30N2O4/c1-5-27-16-19(20-13-9-10-14-22(20)27)15-21(26-24(29)31-25(2,3)4)23(28)30-17-18-11-7-6-8-12-18/h6-14,16,21H,5,15,17H2,1-4H3,(H,26,29). The molecule has 1 heterocycles. The van der Waals surface area contributed by atoms with Crippen molar-refractivity contribution in [2.75, 3.05) is 0 Å². The first-order valence-corrected chi connectivity index (χ1v) is 10.5. The second kappa shape index (κ2) is 9.69. The number of benzene rings is 2. The molecule has 1 unspecified atom stereocenters. The van der Waals surface area contributed by atoms with Crippen molar-refractivity contribution in [3.8, 4) is 0 Å². The molecule has 0 radical (unpaired) electrons. The number of alkyl carbamates (subject to hydrolysis) is 1. The summed E-state index contributed by atoms with van der Waals surface area (Å²) in [6.45, 7) is 8.37. The number of carbonyl (C=O) groups excluding carboxylic acids is 2. The molecule has 1 N–H and O–H groups in total. The molecular formula is C25H30N2O4. The molecule has 0 bridgehead atoms. The van der Waals surface area contributed by atoms with Crippen LogP contribution < -0.4 is 5.32 Å².